The summed E-state index contributed by atoms with van der Waals surface area (Å²) in [6.07, 6.45) is 1.35. The molecule has 0 N–H and O–H groups in total. The maximum absolute atomic E-state index is 13.6. The fourth-order valence-electron chi connectivity index (χ4n) is 2.27. The minimum absolute atomic E-state index is 0.108. The first-order valence-electron chi connectivity index (χ1n) is 8.26. The second kappa shape index (κ2) is 9.33. The number of nitrogens with zero attached hydrogens (tertiary/aromatic N) is 2. The highest BCUT2D eigenvalue weighted by atomic mass is 19.2. The van der Waals surface area contributed by atoms with Crippen molar-refractivity contribution in [3.05, 3.63) is 65.1 Å². The van der Waals surface area contributed by atoms with Gasteiger partial charge in [0.15, 0.2) is 23.3 Å². The van der Waals surface area contributed by atoms with Gasteiger partial charge in [0.25, 0.3) is 5.91 Å². The van der Waals surface area contributed by atoms with Crippen molar-refractivity contribution in [3.63, 3.8) is 0 Å². The predicted molar refractivity (Wildman–Crippen MR) is 93.5 cm³/mol. The smallest absolute Gasteiger partial charge is 0.369 e. The van der Waals surface area contributed by atoms with E-state index in [1.165, 1.54) is 13.3 Å². The van der Waals surface area contributed by atoms with Crippen molar-refractivity contribution in [1.82, 2.24) is 10.0 Å². The van der Waals surface area contributed by atoms with Crippen molar-refractivity contribution in [1.29, 1.82) is 0 Å². The van der Waals surface area contributed by atoms with Crippen molar-refractivity contribution in [2.24, 2.45) is 0 Å². The van der Waals surface area contributed by atoms with E-state index >= 15 is 0 Å². The Hall–Kier alpha value is -3.50. The van der Waals surface area contributed by atoms with Gasteiger partial charge in [0.1, 0.15) is 5.56 Å². The van der Waals surface area contributed by atoms with Gasteiger partial charge in [-0.1, -0.05) is 6.58 Å². The van der Waals surface area contributed by atoms with Crippen LogP contribution in [0.3, 0.4) is 0 Å². The van der Waals surface area contributed by atoms with E-state index in [0.29, 0.717) is 22.1 Å². The third kappa shape index (κ3) is 4.73. The number of ether oxygens (including phenoxy) is 1. The van der Waals surface area contributed by atoms with Gasteiger partial charge in [0, 0.05) is 25.7 Å². The Kier molecular flexibility index (Phi) is 7.09. The molecule has 1 amide bonds. The topological polar surface area (TPSA) is 68.7 Å². The van der Waals surface area contributed by atoms with Crippen LogP contribution in [0, 0.1) is 29.1 Å². The highest BCUT2D eigenvalue weighted by Gasteiger charge is 2.32. The molecule has 0 saturated carbocycles. The van der Waals surface area contributed by atoms with E-state index in [0.717, 1.165) is 7.05 Å². The highest BCUT2D eigenvalue weighted by molar-refractivity contribution is 5.91. The van der Waals surface area contributed by atoms with Gasteiger partial charge < -0.3 is 9.57 Å². The van der Waals surface area contributed by atoms with Crippen LogP contribution in [0.5, 0.6) is 5.88 Å². The summed E-state index contributed by atoms with van der Waals surface area (Å²) in [5, 5.41) is 0.333. The third-order valence-electron chi connectivity index (χ3n) is 3.98. The number of hydroxylamine groups is 2. The summed E-state index contributed by atoms with van der Waals surface area (Å²) < 4.78 is 71.7. The Balaban J connectivity index is 2.02. The minimum atomic E-state index is -2.42. The molecule has 0 bridgehead atoms. The SMILES string of the molecule is C=C(CCC(=O)N(C)OC(=O)c1c(F)c(F)c(F)c(F)c1F)c1ccc(OC)nc1. The molecule has 1 heterocycles. The van der Waals surface area contributed by atoms with E-state index in [2.05, 4.69) is 16.4 Å². The Morgan fingerprint density at radius 2 is 1.57 bits per heavy atom. The molecule has 0 atom stereocenters. The Morgan fingerprint density at radius 1 is 1.00 bits per heavy atom. The number of methoxy groups -OCH3 is 1. The average molecular weight is 430 g/mol. The summed E-state index contributed by atoms with van der Waals surface area (Å²) in [7, 11) is 2.39. The molecule has 1 aromatic carbocycles. The van der Waals surface area contributed by atoms with Crippen molar-refractivity contribution < 1.29 is 41.1 Å². The summed E-state index contributed by atoms with van der Waals surface area (Å²) in [6, 6.07) is 3.24. The van der Waals surface area contributed by atoms with E-state index in [4.69, 9.17) is 4.74 Å². The summed E-state index contributed by atoms with van der Waals surface area (Å²) in [5.41, 5.74) is -0.678. The third-order valence-corrected chi connectivity index (χ3v) is 3.98. The second-order valence-corrected chi connectivity index (χ2v) is 5.91. The van der Waals surface area contributed by atoms with Gasteiger partial charge in [-0.25, -0.2) is 31.7 Å². The largest absolute Gasteiger partial charge is 0.481 e. The number of carbonyl (C=O) groups is 2. The average Bonchev–Trinajstić information content (AvgIpc) is 2.74. The van der Waals surface area contributed by atoms with Crippen molar-refractivity contribution >= 4 is 17.4 Å². The molecule has 0 spiro atoms. The van der Waals surface area contributed by atoms with Crippen LogP contribution in [0.4, 0.5) is 22.0 Å². The lowest BCUT2D eigenvalue weighted by Gasteiger charge is -2.17. The van der Waals surface area contributed by atoms with Crippen LogP contribution in [-0.4, -0.2) is 36.1 Å². The molecule has 0 radical (unpaired) electrons. The van der Waals surface area contributed by atoms with Gasteiger partial charge in [-0.05, 0) is 23.6 Å². The maximum atomic E-state index is 13.6. The fourth-order valence-corrected chi connectivity index (χ4v) is 2.27. The fraction of sp³-hybridized carbons (Fsp3) is 0.211. The molecule has 6 nitrogen and oxygen atoms in total. The standard InChI is InChI=1S/C19H15F5N2O4/c1-9(10-5-6-11(29-3)25-8-10)4-7-12(27)26(2)30-19(28)13-14(20)16(22)18(24)17(23)15(13)21/h5-6,8H,1,4,7H2,2-3H3. The monoisotopic (exact) mass is 430 g/mol. The molecule has 0 aliphatic rings. The number of aromatic nitrogens is 1. The zero-order chi connectivity index (χ0) is 22.6. The Labute approximate surface area is 167 Å². The molecule has 0 aliphatic carbocycles. The number of rotatable bonds is 6. The number of halogens is 5. The second-order valence-electron chi connectivity index (χ2n) is 5.91. The molecule has 1 aromatic heterocycles. The summed E-state index contributed by atoms with van der Waals surface area (Å²) in [5.74, 6) is -14.1. The van der Waals surface area contributed by atoms with Crippen LogP contribution in [0.2, 0.25) is 0 Å². The molecular weight excluding hydrogens is 415 g/mol. The van der Waals surface area contributed by atoms with E-state index in [1.54, 1.807) is 12.1 Å². The van der Waals surface area contributed by atoms with Crippen LogP contribution in [0.1, 0.15) is 28.8 Å². The van der Waals surface area contributed by atoms with E-state index < -0.39 is 46.5 Å². The lowest BCUT2D eigenvalue weighted by Crippen LogP contribution is -2.31. The van der Waals surface area contributed by atoms with Gasteiger partial charge in [-0.15, -0.1) is 0 Å². The molecule has 2 aromatic rings. The number of benzene rings is 1. The Morgan fingerprint density at radius 3 is 2.07 bits per heavy atom. The van der Waals surface area contributed by atoms with E-state index in [-0.39, 0.29) is 12.8 Å². The summed E-state index contributed by atoms with van der Waals surface area (Å²) >= 11 is 0. The maximum Gasteiger partial charge on any atom is 0.369 e. The van der Waals surface area contributed by atoms with E-state index in [9.17, 15) is 31.5 Å². The predicted octanol–water partition coefficient (Wildman–Crippen LogP) is 3.81. The number of carbonyl (C=O) groups excluding carboxylic acids is 2. The summed E-state index contributed by atoms with van der Waals surface area (Å²) in [4.78, 5) is 32.3. The van der Waals surface area contributed by atoms with Crippen molar-refractivity contribution in [2.75, 3.05) is 14.2 Å². The molecule has 160 valence electrons. The number of amides is 1. The molecule has 2 rings (SSSR count). The number of pyridine rings is 1. The lowest BCUT2D eigenvalue weighted by atomic mass is 10.0. The van der Waals surface area contributed by atoms with Crippen LogP contribution in [0.15, 0.2) is 24.9 Å². The van der Waals surface area contributed by atoms with Crippen molar-refractivity contribution in [2.45, 2.75) is 12.8 Å². The molecule has 30 heavy (non-hydrogen) atoms. The molecule has 0 saturated heterocycles. The quantitative estimate of drug-likeness (QED) is 0.302. The van der Waals surface area contributed by atoms with Crippen LogP contribution in [-0.2, 0) is 9.63 Å². The van der Waals surface area contributed by atoms with Crippen LogP contribution in [0.25, 0.3) is 5.57 Å². The molecule has 0 unspecified atom stereocenters. The first-order chi connectivity index (χ1) is 14.1. The van der Waals surface area contributed by atoms with Crippen molar-refractivity contribution in [3.8, 4) is 5.88 Å². The first kappa shape index (κ1) is 22.8. The highest BCUT2D eigenvalue weighted by Crippen LogP contribution is 2.24. The van der Waals surface area contributed by atoms with E-state index in [1.807, 2.05) is 0 Å². The molecule has 0 fully saturated rings. The normalized spacial score (nSPS) is 10.5. The zero-order valence-electron chi connectivity index (χ0n) is 15.8. The molecule has 11 heteroatoms. The molecule has 0 aliphatic heterocycles. The van der Waals surface area contributed by atoms with Gasteiger partial charge in [0.2, 0.25) is 11.7 Å². The van der Waals surface area contributed by atoms with Gasteiger partial charge in [-0.2, -0.15) is 5.06 Å². The van der Waals surface area contributed by atoms with Gasteiger partial charge in [0.05, 0.1) is 7.11 Å². The Bertz CT molecular complexity index is 966. The van der Waals surface area contributed by atoms with Gasteiger partial charge >= 0.3 is 5.97 Å². The van der Waals surface area contributed by atoms with Crippen LogP contribution >= 0.6 is 0 Å². The van der Waals surface area contributed by atoms with Gasteiger partial charge in [-0.3, -0.25) is 4.79 Å². The van der Waals surface area contributed by atoms with Crippen LogP contribution < -0.4 is 4.74 Å². The lowest BCUT2D eigenvalue weighted by molar-refractivity contribution is -0.161. The first-order valence-corrected chi connectivity index (χ1v) is 8.26. The summed E-state index contributed by atoms with van der Waals surface area (Å²) in [6.45, 7) is 3.79. The minimum Gasteiger partial charge on any atom is -0.481 e. The number of hydrogen-bond acceptors (Lipinski definition) is 5. The number of allylic oxidation sites excluding steroid dienone is 1. The zero-order valence-corrected chi connectivity index (χ0v) is 15.8. The number of hydrogen-bond donors (Lipinski definition) is 0. The molecular formula is C19H15F5N2O4.